The van der Waals surface area contributed by atoms with Gasteiger partial charge in [0.15, 0.2) is 0 Å². The molecule has 0 aliphatic heterocycles. The van der Waals surface area contributed by atoms with Gasteiger partial charge in [0.1, 0.15) is 10.8 Å². The maximum Gasteiger partial charge on any atom is 0.433 e. The zero-order valence-corrected chi connectivity index (χ0v) is 9.31. The second kappa shape index (κ2) is 5.01. The van der Waals surface area contributed by atoms with Crippen molar-refractivity contribution in [2.24, 2.45) is 0 Å². The van der Waals surface area contributed by atoms with Gasteiger partial charge in [-0.3, -0.25) is 0 Å². The summed E-state index contributed by atoms with van der Waals surface area (Å²) in [6, 6.07) is 1.98. The Morgan fingerprint density at radius 3 is 2.50 bits per heavy atom. The molecule has 0 aliphatic rings. The van der Waals surface area contributed by atoms with Crippen LogP contribution in [-0.4, -0.2) is 10.1 Å². The molecule has 2 nitrogen and oxygen atoms in total. The van der Waals surface area contributed by atoms with Crippen LogP contribution in [0.1, 0.15) is 37.1 Å². The summed E-state index contributed by atoms with van der Waals surface area (Å²) in [5.41, 5.74) is -0.818. The average Bonchev–Trinajstić information content (AvgIpc) is 2.16. The number of hydrogen-bond acceptors (Lipinski definition) is 2. The van der Waals surface area contributed by atoms with E-state index < -0.39 is 18.0 Å². The highest BCUT2D eigenvalue weighted by Crippen LogP contribution is 2.31. The average molecular weight is 254 g/mol. The lowest BCUT2D eigenvalue weighted by molar-refractivity contribution is -0.141. The number of halogens is 4. The van der Waals surface area contributed by atoms with Crippen LogP contribution in [0.2, 0.25) is 5.15 Å². The number of aliphatic hydroxyl groups excluding tert-OH is 1. The van der Waals surface area contributed by atoms with E-state index in [2.05, 4.69) is 4.98 Å². The quantitative estimate of drug-likeness (QED) is 0.835. The summed E-state index contributed by atoms with van der Waals surface area (Å²) in [7, 11) is 0. The van der Waals surface area contributed by atoms with Crippen molar-refractivity contribution in [2.75, 3.05) is 0 Å². The van der Waals surface area contributed by atoms with Crippen LogP contribution in [0.4, 0.5) is 13.2 Å². The van der Waals surface area contributed by atoms with Crippen LogP contribution < -0.4 is 0 Å². The molecule has 6 heteroatoms. The van der Waals surface area contributed by atoms with Gasteiger partial charge in [-0.05, 0) is 12.5 Å². The maximum absolute atomic E-state index is 12.3. The third kappa shape index (κ3) is 3.09. The summed E-state index contributed by atoms with van der Waals surface area (Å²) in [5.74, 6) is 0. The van der Waals surface area contributed by atoms with Gasteiger partial charge in [-0.25, -0.2) is 4.98 Å². The van der Waals surface area contributed by atoms with Crippen LogP contribution in [0.15, 0.2) is 12.1 Å². The lowest BCUT2D eigenvalue weighted by Crippen LogP contribution is -2.09. The second-order valence-electron chi connectivity index (χ2n) is 3.38. The number of hydrogen-bond donors (Lipinski definition) is 1. The van der Waals surface area contributed by atoms with Gasteiger partial charge in [-0.15, -0.1) is 0 Å². The lowest BCUT2D eigenvalue weighted by atomic mass is 10.1. The molecule has 1 N–H and O–H groups in total. The zero-order valence-electron chi connectivity index (χ0n) is 8.55. The molecular formula is C10H11ClF3NO. The Balaban J connectivity index is 3.00. The van der Waals surface area contributed by atoms with Gasteiger partial charge in [0, 0.05) is 5.56 Å². The first-order chi connectivity index (χ1) is 7.36. The first kappa shape index (κ1) is 13.3. The smallest absolute Gasteiger partial charge is 0.388 e. The molecule has 0 amide bonds. The molecule has 1 aromatic heterocycles. The van der Waals surface area contributed by atoms with Crippen molar-refractivity contribution in [3.63, 3.8) is 0 Å². The highest BCUT2D eigenvalue weighted by molar-refractivity contribution is 6.30. The lowest BCUT2D eigenvalue weighted by Gasteiger charge is -2.13. The number of aliphatic hydroxyl groups is 1. The van der Waals surface area contributed by atoms with Crippen LogP contribution in [0.5, 0.6) is 0 Å². The zero-order chi connectivity index (χ0) is 12.3. The standard InChI is InChI=1S/C10H11ClF3NO/c1-2-3-7(16)6-4-5-8(10(12,13)14)15-9(6)11/h4-5,7,16H,2-3H2,1H3. The van der Waals surface area contributed by atoms with Crippen LogP contribution in [-0.2, 0) is 6.18 Å². The molecule has 1 aromatic rings. The van der Waals surface area contributed by atoms with E-state index in [1.54, 1.807) is 0 Å². The van der Waals surface area contributed by atoms with E-state index in [1.165, 1.54) is 6.07 Å². The molecular weight excluding hydrogens is 243 g/mol. The van der Waals surface area contributed by atoms with Gasteiger partial charge in [-0.1, -0.05) is 31.0 Å². The Labute approximate surface area is 96.1 Å². The Hall–Kier alpha value is -0.810. The topological polar surface area (TPSA) is 33.1 Å². The van der Waals surface area contributed by atoms with Crippen molar-refractivity contribution in [1.29, 1.82) is 0 Å². The third-order valence-electron chi connectivity index (χ3n) is 2.09. The third-order valence-corrected chi connectivity index (χ3v) is 2.39. The molecule has 1 atom stereocenters. The van der Waals surface area contributed by atoms with Crippen molar-refractivity contribution in [3.05, 3.63) is 28.5 Å². The Bertz CT molecular complexity index is 368. The predicted molar refractivity (Wildman–Crippen MR) is 54.1 cm³/mol. The molecule has 90 valence electrons. The van der Waals surface area contributed by atoms with Crippen molar-refractivity contribution in [3.8, 4) is 0 Å². The molecule has 0 fully saturated rings. The molecule has 0 aromatic carbocycles. The van der Waals surface area contributed by atoms with E-state index >= 15 is 0 Å². The number of aromatic nitrogens is 1. The first-order valence-electron chi connectivity index (χ1n) is 4.78. The van der Waals surface area contributed by atoms with Gasteiger partial charge < -0.3 is 5.11 Å². The minimum atomic E-state index is -4.52. The van der Waals surface area contributed by atoms with Gasteiger partial charge >= 0.3 is 6.18 Å². The van der Waals surface area contributed by atoms with Gasteiger partial charge in [0.2, 0.25) is 0 Å². The van der Waals surface area contributed by atoms with E-state index in [0.29, 0.717) is 12.8 Å². The SMILES string of the molecule is CCCC(O)c1ccc(C(F)(F)F)nc1Cl. The van der Waals surface area contributed by atoms with Crippen LogP contribution in [0.25, 0.3) is 0 Å². The number of pyridine rings is 1. The summed E-state index contributed by atoms with van der Waals surface area (Å²) >= 11 is 5.59. The van der Waals surface area contributed by atoms with E-state index in [1.807, 2.05) is 6.92 Å². The highest BCUT2D eigenvalue weighted by atomic mass is 35.5. The predicted octanol–water partition coefficient (Wildman–Crippen LogP) is 3.59. The minimum absolute atomic E-state index is 0.233. The Morgan fingerprint density at radius 1 is 1.44 bits per heavy atom. The minimum Gasteiger partial charge on any atom is -0.388 e. The van der Waals surface area contributed by atoms with Crippen molar-refractivity contribution >= 4 is 11.6 Å². The summed E-state index contributed by atoms with van der Waals surface area (Å²) in [4.78, 5) is 3.23. The normalized spacial score (nSPS) is 13.9. The molecule has 0 bridgehead atoms. The maximum atomic E-state index is 12.3. The molecule has 0 saturated heterocycles. The van der Waals surface area contributed by atoms with Gasteiger partial charge in [-0.2, -0.15) is 13.2 Å². The molecule has 16 heavy (non-hydrogen) atoms. The summed E-state index contributed by atoms with van der Waals surface area (Å²) in [6.45, 7) is 1.86. The summed E-state index contributed by atoms with van der Waals surface area (Å²) in [5, 5.41) is 9.29. The fourth-order valence-corrected chi connectivity index (χ4v) is 1.56. The van der Waals surface area contributed by atoms with Crippen molar-refractivity contribution < 1.29 is 18.3 Å². The fourth-order valence-electron chi connectivity index (χ4n) is 1.28. The fraction of sp³-hybridized carbons (Fsp3) is 0.500. The molecule has 0 spiro atoms. The number of nitrogens with zero attached hydrogens (tertiary/aromatic N) is 1. The van der Waals surface area contributed by atoms with E-state index in [-0.39, 0.29) is 10.7 Å². The van der Waals surface area contributed by atoms with E-state index in [0.717, 1.165) is 6.07 Å². The molecule has 1 unspecified atom stereocenters. The molecule has 0 saturated carbocycles. The summed E-state index contributed by atoms with van der Waals surface area (Å²) < 4.78 is 36.8. The molecule has 0 radical (unpaired) electrons. The number of rotatable bonds is 3. The molecule has 1 rings (SSSR count). The van der Waals surface area contributed by atoms with E-state index in [4.69, 9.17) is 11.6 Å². The van der Waals surface area contributed by atoms with Crippen LogP contribution >= 0.6 is 11.6 Å². The van der Waals surface area contributed by atoms with Crippen LogP contribution in [0.3, 0.4) is 0 Å². The van der Waals surface area contributed by atoms with E-state index in [9.17, 15) is 18.3 Å². The largest absolute Gasteiger partial charge is 0.433 e. The highest BCUT2D eigenvalue weighted by Gasteiger charge is 2.33. The molecule has 1 heterocycles. The monoisotopic (exact) mass is 253 g/mol. The van der Waals surface area contributed by atoms with Crippen LogP contribution in [0, 0.1) is 0 Å². The summed E-state index contributed by atoms with van der Waals surface area (Å²) in [6.07, 6.45) is -4.24. The van der Waals surface area contributed by atoms with Crippen molar-refractivity contribution in [2.45, 2.75) is 32.0 Å². The van der Waals surface area contributed by atoms with Gasteiger partial charge in [0.05, 0.1) is 6.10 Å². The second-order valence-corrected chi connectivity index (χ2v) is 3.74. The Kier molecular flexibility index (Phi) is 4.15. The van der Waals surface area contributed by atoms with Crippen molar-refractivity contribution in [1.82, 2.24) is 4.98 Å². The van der Waals surface area contributed by atoms with Gasteiger partial charge in [0.25, 0.3) is 0 Å². The number of alkyl halides is 3. The molecule has 0 aliphatic carbocycles. The Morgan fingerprint density at radius 2 is 2.06 bits per heavy atom. The first-order valence-corrected chi connectivity index (χ1v) is 5.15.